The Morgan fingerprint density at radius 2 is 1.96 bits per heavy atom. The molecule has 24 heavy (non-hydrogen) atoms. The third kappa shape index (κ3) is 5.08. The minimum atomic E-state index is -3.51. The van der Waals surface area contributed by atoms with E-state index < -0.39 is 10.0 Å². The largest absolute Gasteiger partial charge is 0.338 e. The molecule has 0 radical (unpaired) electrons. The number of nitrogens with one attached hydrogen (secondary N) is 1. The van der Waals surface area contributed by atoms with Crippen LogP contribution in [0.5, 0.6) is 0 Å². The molecule has 2 amide bonds. The topological polar surface area (TPSA) is 69.7 Å². The Kier molecular flexibility index (Phi) is 6.91. The molecule has 2 rings (SSSR count). The molecule has 1 saturated heterocycles. The Morgan fingerprint density at radius 3 is 2.50 bits per heavy atom. The van der Waals surface area contributed by atoms with Gasteiger partial charge >= 0.3 is 6.03 Å². The smallest absolute Gasteiger partial charge is 0.317 e. The maximum atomic E-state index is 12.5. The first-order chi connectivity index (χ1) is 11.3. The summed E-state index contributed by atoms with van der Waals surface area (Å²) in [7, 11) is -3.51. The summed E-state index contributed by atoms with van der Waals surface area (Å²) in [5.74, 6) is 0.626. The fraction of sp³-hybridized carbons (Fsp3) is 0.667. The highest BCUT2D eigenvalue weighted by Crippen LogP contribution is 2.28. The average Bonchev–Trinajstić information content (AvgIpc) is 2.98. The van der Waals surface area contributed by atoms with Crippen LogP contribution < -0.4 is 5.32 Å². The van der Waals surface area contributed by atoms with Crippen molar-refractivity contribution in [2.45, 2.75) is 30.9 Å². The van der Waals surface area contributed by atoms with Crippen molar-refractivity contribution < 1.29 is 13.2 Å². The normalized spacial score (nSPS) is 16.6. The van der Waals surface area contributed by atoms with Gasteiger partial charge in [-0.1, -0.05) is 25.4 Å². The lowest BCUT2D eigenvalue weighted by Crippen LogP contribution is -2.53. The lowest BCUT2D eigenvalue weighted by atomic mass is 10.1. The highest BCUT2D eigenvalue weighted by Gasteiger charge is 2.31. The summed E-state index contributed by atoms with van der Waals surface area (Å²) < 4.78 is 27.1. The second-order valence-electron chi connectivity index (χ2n) is 6.22. The number of amides is 2. The monoisotopic (exact) mass is 393 g/mol. The lowest BCUT2D eigenvalue weighted by Gasteiger charge is -2.33. The summed E-state index contributed by atoms with van der Waals surface area (Å²) in [6.45, 7) is 6.37. The quantitative estimate of drug-likeness (QED) is 0.755. The number of carbonyl (C=O) groups is 1. The fourth-order valence-electron chi connectivity index (χ4n) is 2.51. The van der Waals surface area contributed by atoms with Crippen molar-refractivity contribution in [3.63, 3.8) is 0 Å². The highest BCUT2D eigenvalue weighted by atomic mass is 35.5. The van der Waals surface area contributed by atoms with Crippen LogP contribution in [0.4, 0.5) is 4.79 Å². The Bertz CT molecular complexity index is 653. The van der Waals surface area contributed by atoms with Crippen molar-refractivity contribution in [2.24, 2.45) is 5.92 Å². The van der Waals surface area contributed by atoms with Gasteiger partial charge in [-0.25, -0.2) is 13.2 Å². The minimum absolute atomic E-state index is 0.116. The first-order valence-corrected chi connectivity index (χ1v) is 10.7. The number of hydrogen-bond acceptors (Lipinski definition) is 4. The van der Waals surface area contributed by atoms with Gasteiger partial charge < -0.3 is 10.2 Å². The molecule has 2 heterocycles. The zero-order valence-corrected chi connectivity index (χ0v) is 16.4. The molecule has 1 N–H and O–H groups in total. The molecule has 1 aliphatic rings. The van der Waals surface area contributed by atoms with E-state index in [9.17, 15) is 13.2 Å². The molecular weight excluding hydrogens is 370 g/mol. The van der Waals surface area contributed by atoms with Gasteiger partial charge in [0.1, 0.15) is 4.21 Å². The third-order valence-electron chi connectivity index (χ3n) is 3.90. The summed E-state index contributed by atoms with van der Waals surface area (Å²) in [4.78, 5) is 13.8. The summed E-state index contributed by atoms with van der Waals surface area (Å²) in [6.07, 6.45) is 2.03. The van der Waals surface area contributed by atoms with Gasteiger partial charge in [-0.2, -0.15) is 4.31 Å². The summed E-state index contributed by atoms with van der Waals surface area (Å²) in [6, 6.07) is 2.99. The number of thiophene rings is 1. The van der Waals surface area contributed by atoms with Crippen molar-refractivity contribution in [3.05, 3.63) is 16.5 Å². The van der Waals surface area contributed by atoms with Crippen molar-refractivity contribution in [2.75, 3.05) is 32.7 Å². The summed E-state index contributed by atoms with van der Waals surface area (Å²) in [5, 5.41) is 2.90. The van der Waals surface area contributed by atoms with E-state index in [1.807, 2.05) is 0 Å². The Morgan fingerprint density at radius 1 is 1.29 bits per heavy atom. The SMILES string of the molecule is CC(C)CCCNC(=O)N1CCN(S(=O)(=O)c2ccc(Cl)s2)CC1. The number of rotatable bonds is 6. The van der Waals surface area contributed by atoms with Gasteiger partial charge in [-0.05, 0) is 30.9 Å². The highest BCUT2D eigenvalue weighted by molar-refractivity contribution is 7.91. The van der Waals surface area contributed by atoms with Crippen LogP contribution in [0.25, 0.3) is 0 Å². The lowest BCUT2D eigenvalue weighted by molar-refractivity contribution is 0.172. The third-order valence-corrected chi connectivity index (χ3v) is 7.50. The summed E-state index contributed by atoms with van der Waals surface area (Å²) >= 11 is 6.88. The molecule has 1 aliphatic heterocycles. The van der Waals surface area contributed by atoms with E-state index in [2.05, 4.69) is 19.2 Å². The fourth-order valence-corrected chi connectivity index (χ4v) is 5.57. The number of halogens is 1. The van der Waals surface area contributed by atoms with E-state index in [1.165, 1.54) is 10.4 Å². The van der Waals surface area contributed by atoms with Gasteiger partial charge in [0.2, 0.25) is 0 Å². The maximum Gasteiger partial charge on any atom is 0.317 e. The Labute approximate surface area is 152 Å². The van der Waals surface area contributed by atoms with Gasteiger partial charge in [-0.3, -0.25) is 0 Å². The van der Waals surface area contributed by atoms with Gasteiger partial charge in [0.15, 0.2) is 0 Å². The van der Waals surface area contributed by atoms with Crippen LogP contribution in [0, 0.1) is 5.92 Å². The molecule has 0 saturated carbocycles. The van der Waals surface area contributed by atoms with Crippen LogP contribution in [-0.4, -0.2) is 56.4 Å². The Balaban J connectivity index is 1.81. The predicted octanol–water partition coefficient (Wildman–Crippen LogP) is 2.85. The number of urea groups is 1. The maximum absolute atomic E-state index is 12.5. The van der Waals surface area contributed by atoms with Crippen LogP contribution in [0.2, 0.25) is 4.34 Å². The molecule has 1 aromatic rings. The Hall–Kier alpha value is -0.830. The average molecular weight is 394 g/mol. The molecule has 0 aliphatic carbocycles. The summed E-state index contributed by atoms with van der Waals surface area (Å²) in [5.41, 5.74) is 0. The molecule has 0 spiro atoms. The second-order valence-corrected chi connectivity index (χ2v) is 10.1. The minimum Gasteiger partial charge on any atom is -0.338 e. The van der Waals surface area contributed by atoms with Crippen molar-refractivity contribution in [3.8, 4) is 0 Å². The van der Waals surface area contributed by atoms with Crippen molar-refractivity contribution >= 4 is 39.0 Å². The predicted molar refractivity (Wildman–Crippen MR) is 97.1 cm³/mol. The first-order valence-electron chi connectivity index (χ1n) is 8.09. The molecule has 0 atom stereocenters. The molecular formula is C15H24ClN3O3S2. The number of sulfonamides is 1. The van der Waals surface area contributed by atoms with Gasteiger partial charge in [0.25, 0.3) is 10.0 Å². The van der Waals surface area contributed by atoms with Crippen LogP contribution in [0.3, 0.4) is 0 Å². The van der Waals surface area contributed by atoms with Gasteiger partial charge in [-0.15, -0.1) is 11.3 Å². The van der Waals surface area contributed by atoms with E-state index in [0.29, 0.717) is 43.0 Å². The molecule has 136 valence electrons. The molecule has 0 aromatic carbocycles. The van der Waals surface area contributed by atoms with E-state index in [0.717, 1.165) is 24.2 Å². The molecule has 9 heteroatoms. The molecule has 1 fully saturated rings. The number of carbonyl (C=O) groups excluding carboxylic acids is 1. The number of hydrogen-bond donors (Lipinski definition) is 1. The van der Waals surface area contributed by atoms with Gasteiger partial charge in [0, 0.05) is 32.7 Å². The van der Waals surface area contributed by atoms with E-state index in [1.54, 1.807) is 11.0 Å². The van der Waals surface area contributed by atoms with Crippen LogP contribution in [-0.2, 0) is 10.0 Å². The molecule has 1 aromatic heterocycles. The molecule has 0 unspecified atom stereocenters. The van der Waals surface area contributed by atoms with E-state index in [-0.39, 0.29) is 10.2 Å². The van der Waals surface area contributed by atoms with Crippen LogP contribution >= 0.6 is 22.9 Å². The number of nitrogens with zero attached hydrogens (tertiary/aromatic N) is 2. The zero-order valence-electron chi connectivity index (χ0n) is 14.0. The molecule has 0 bridgehead atoms. The standard InChI is InChI=1S/C15H24ClN3O3S2/c1-12(2)4-3-7-17-15(20)18-8-10-19(11-9-18)24(21,22)14-6-5-13(16)23-14/h5-6,12H,3-4,7-11H2,1-2H3,(H,17,20). The van der Waals surface area contributed by atoms with Crippen molar-refractivity contribution in [1.29, 1.82) is 0 Å². The van der Waals surface area contributed by atoms with Gasteiger partial charge in [0.05, 0.1) is 4.34 Å². The zero-order chi connectivity index (χ0) is 17.7. The van der Waals surface area contributed by atoms with Crippen molar-refractivity contribution in [1.82, 2.24) is 14.5 Å². The first kappa shape index (κ1) is 19.5. The van der Waals surface area contributed by atoms with Crippen LogP contribution in [0.15, 0.2) is 16.3 Å². The van der Waals surface area contributed by atoms with E-state index >= 15 is 0 Å². The number of piperazine rings is 1. The second kappa shape index (κ2) is 8.51. The van der Waals surface area contributed by atoms with Crippen LogP contribution in [0.1, 0.15) is 26.7 Å². The molecule has 6 nitrogen and oxygen atoms in total. The van der Waals surface area contributed by atoms with E-state index in [4.69, 9.17) is 11.6 Å².